The van der Waals surface area contributed by atoms with Crippen LogP contribution in [0.2, 0.25) is 0 Å². The molecule has 0 aliphatic heterocycles. The minimum Gasteiger partial charge on any atom is -0.300 e. The molecule has 2 aromatic heterocycles. The molecule has 84 valence electrons. The van der Waals surface area contributed by atoms with Gasteiger partial charge in [-0.15, -0.1) is 11.3 Å². The highest BCUT2D eigenvalue weighted by Gasteiger charge is 2.12. The van der Waals surface area contributed by atoms with Gasteiger partial charge in [-0.2, -0.15) is 0 Å². The van der Waals surface area contributed by atoms with Gasteiger partial charge < -0.3 is 4.79 Å². The third-order valence-corrected chi connectivity index (χ3v) is 3.80. The highest BCUT2D eigenvalue weighted by molar-refractivity contribution is 7.18. The number of rotatable bonds is 4. The Morgan fingerprint density at radius 1 is 1.56 bits per heavy atom. The highest BCUT2D eigenvalue weighted by atomic mass is 32.1. The molecule has 2 aromatic rings. The van der Waals surface area contributed by atoms with Gasteiger partial charge in [0.2, 0.25) is 0 Å². The van der Waals surface area contributed by atoms with Crippen LogP contribution in [0.4, 0.5) is 0 Å². The molecule has 0 saturated carbocycles. The van der Waals surface area contributed by atoms with E-state index in [-0.39, 0.29) is 5.78 Å². The fraction of sp³-hybridized carbons (Fsp3) is 0.417. The van der Waals surface area contributed by atoms with Gasteiger partial charge in [-0.3, -0.25) is 4.98 Å². The van der Waals surface area contributed by atoms with Crippen LogP contribution in [0, 0.1) is 0 Å². The summed E-state index contributed by atoms with van der Waals surface area (Å²) in [7, 11) is 0. The second kappa shape index (κ2) is 4.70. The Labute approximate surface area is 98.5 Å². The molecule has 1 unspecified atom stereocenters. The zero-order valence-corrected chi connectivity index (χ0v) is 10.3. The van der Waals surface area contributed by atoms with Crippen molar-refractivity contribution in [3.63, 3.8) is 0 Å². The van der Waals surface area contributed by atoms with Gasteiger partial charge in [0.15, 0.2) is 0 Å². The SMILES string of the molecule is CC(=O)CCC(C)c1nc2ccncc2s1. The van der Waals surface area contributed by atoms with Gasteiger partial charge in [0.05, 0.1) is 15.2 Å². The van der Waals surface area contributed by atoms with E-state index in [9.17, 15) is 4.79 Å². The van der Waals surface area contributed by atoms with Crippen LogP contribution in [0.1, 0.15) is 37.6 Å². The van der Waals surface area contributed by atoms with Crippen molar-refractivity contribution < 1.29 is 4.79 Å². The third-order valence-electron chi connectivity index (χ3n) is 2.56. The van der Waals surface area contributed by atoms with Crippen LogP contribution in [0.15, 0.2) is 18.5 Å². The number of aromatic nitrogens is 2. The molecule has 4 heteroatoms. The molecule has 3 nitrogen and oxygen atoms in total. The predicted octanol–water partition coefficient (Wildman–Crippen LogP) is 3.16. The maximum absolute atomic E-state index is 10.9. The summed E-state index contributed by atoms with van der Waals surface area (Å²) in [6.07, 6.45) is 5.11. The van der Waals surface area contributed by atoms with E-state index in [4.69, 9.17) is 0 Å². The zero-order valence-electron chi connectivity index (χ0n) is 9.43. The summed E-state index contributed by atoms with van der Waals surface area (Å²) in [6, 6.07) is 1.92. The van der Waals surface area contributed by atoms with Gasteiger partial charge in [0.1, 0.15) is 5.78 Å². The number of thiazole rings is 1. The summed E-state index contributed by atoms with van der Waals surface area (Å²) < 4.78 is 1.12. The lowest BCUT2D eigenvalue weighted by molar-refractivity contribution is -0.117. The Bertz CT molecular complexity index is 473. The molecule has 2 rings (SSSR count). The maximum Gasteiger partial charge on any atom is 0.129 e. The summed E-state index contributed by atoms with van der Waals surface area (Å²) in [4.78, 5) is 19.6. The minimum absolute atomic E-state index is 0.245. The van der Waals surface area contributed by atoms with Crippen molar-refractivity contribution >= 4 is 27.3 Å². The van der Waals surface area contributed by atoms with E-state index < -0.39 is 0 Å². The van der Waals surface area contributed by atoms with Crippen molar-refractivity contribution in [2.75, 3.05) is 0 Å². The van der Waals surface area contributed by atoms with Crippen LogP contribution in [-0.2, 0) is 4.79 Å². The summed E-state index contributed by atoms with van der Waals surface area (Å²) in [6.45, 7) is 3.75. The third kappa shape index (κ3) is 2.44. The van der Waals surface area contributed by atoms with Crippen molar-refractivity contribution in [1.29, 1.82) is 0 Å². The summed E-state index contributed by atoms with van der Waals surface area (Å²) in [5.41, 5.74) is 1.00. The predicted molar refractivity (Wildman–Crippen MR) is 65.7 cm³/mol. The quantitative estimate of drug-likeness (QED) is 0.816. The molecule has 16 heavy (non-hydrogen) atoms. The lowest BCUT2D eigenvalue weighted by Gasteiger charge is -2.05. The molecule has 0 bridgehead atoms. The lowest BCUT2D eigenvalue weighted by atomic mass is 10.1. The van der Waals surface area contributed by atoms with E-state index in [1.807, 2.05) is 12.3 Å². The number of Topliss-reactive ketones (excluding diaryl/α,β-unsaturated/α-hetero) is 1. The second-order valence-electron chi connectivity index (χ2n) is 4.04. The van der Waals surface area contributed by atoms with Gasteiger partial charge in [0.25, 0.3) is 0 Å². The number of carbonyl (C=O) groups excluding carboxylic acids is 1. The Hall–Kier alpha value is -1.29. The van der Waals surface area contributed by atoms with Crippen molar-refractivity contribution in [1.82, 2.24) is 9.97 Å². The fourth-order valence-electron chi connectivity index (χ4n) is 1.55. The van der Waals surface area contributed by atoms with Crippen molar-refractivity contribution in [3.05, 3.63) is 23.5 Å². The molecular weight excluding hydrogens is 220 g/mol. The van der Waals surface area contributed by atoms with Gasteiger partial charge in [-0.05, 0) is 19.4 Å². The van der Waals surface area contributed by atoms with Crippen LogP contribution in [0.5, 0.6) is 0 Å². The fourth-order valence-corrected chi connectivity index (χ4v) is 2.57. The van der Waals surface area contributed by atoms with Crippen molar-refractivity contribution in [2.45, 2.75) is 32.6 Å². The average molecular weight is 234 g/mol. The maximum atomic E-state index is 10.9. The van der Waals surface area contributed by atoms with Crippen LogP contribution < -0.4 is 0 Å². The molecule has 0 aliphatic carbocycles. The summed E-state index contributed by atoms with van der Waals surface area (Å²) >= 11 is 1.67. The first-order chi connectivity index (χ1) is 7.66. The topological polar surface area (TPSA) is 42.9 Å². The molecule has 0 amide bonds. The molecule has 0 N–H and O–H groups in total. The van der Waals surface area contributed by atoms with Crippen LogP contribution in [0.3, 0.4) is 0 Å². The summed E-state index contributed by atoms with van der Waals surface area (Å²) in [5, 5.41) is 1.10. The molecule has 0 radical (unpaired) electrons. The molecule has 2 heterocycles. The molecule has 0 aliphatic rings. The first-order valence-corrected chi connectivity index (χ1v) is 6.18. The number of ketones is 1. The molecule has 0 aromatic carbocycles. The van der Waals surface area contributed by atoms with Crippen LogP contribution in [-0.4, -0.2) is 15.8 Å². The average Bonchev–Trinajstić information content (AvgIpc) is 2.69. The van der Waals surface area contributed by atoms with Gasteiger partial charge in [0, 0.05) is 24.7 Å². The number of pyridine rings is 1. The van der Waals surface area contributed by atoms with Gasteiger partial charge in [-0.1, -0.05) is 6.92 Å². The Kier molecular flexibility index (Phi) is 3.29. The number of carbonyl (C=O) groups is 1. The molecule has 1 atom stereocenters. The van der Waals surface area contributed by atoms with Gasteiger partial charge in [-0.25, -0.2) is 4.98 Å². The first-order valence-electron chi connectivity index (χ1n) is 5.36. The largest absolute Gasteiger partial charge is 0.300 e. The first kappa shape index (κ1) is 11.2. The van der Waals surface area contributed by atoms with E-state index in [1.165, 1.54) is 0 Å². The van der Waals surface area contributed by atoms with E-state index in [0.717, 1.165) is 21.6 Å². The van der Waals surface area contributed by atoms with Crippen molar-refractivity contribution in [2.24, 2.45) is 0 Å². The van der Waals surface area contributed by atoms with Gasteiger partial charge >= 0.3 is 0 Å². The molecular formula is C12H14N2OS. The Morgan fingerprint density at radius 3 is 3.06 bits per heavy atom. The van der Waals surface area contributed by atoms with E-state index in [1.54, 1.807) is 24.5 Å². The number of nitrogens with zero attached hydrogens (tertiary/aromatic N) is 2. The van der Waals surface area contributed by atoms with Crippen LogP contribution in [0.25, 0.3) is 10.2 Å². The number of hydrogen-bond donors (Lipinski definition) is 0. The number of hydrogen-bond acceptors (Lipinski definition) is 4. The normalized spacial score (nSPS) is 12.9. The van der Waals surface area contributed by atoms with E-state index >= 15 is 0 Å². The Morgan fingerprint density at radius 2 is 2.38 bits per heavy atom. The smallest absolute Gasteiger partial charge is 0.129 e. The summed E-state index contributed by atoms with van der Waals surface area (Å²) in [5.74, 6) is 0.593. The molecule has 0 saturated heterocycles. The zero-order chi connectivity index (χ0) is 11.5. The molecule has 0 fully saturated rings. The van der Waals surface area contributed by atoms with Crippen molar-refractivity contribution in [3.8, 4) is 0 Å². The second-order valence-corrected chi connectivity index (χ2v) is 5.10. The number of fused-ring (bicyclic) bond motifs is 1. The standard InChI is InChI=1S/C12H14N2OS/c1-8(3-4-9(2)15)12-14-10-5-6-13-7-11(10)16-12/h5-8H,3-4H2,1-2H3. The van der Waals surface area contributed by atoms with E-state index in [0.29, 0.717) is 12.3 Å². The molecule has 0 spiro atoms. The lowest BCUT2D eigenvalue weighted by Crippen LogP contribution is -1.97. The van der Waals surface area contributed by atoms with Crippen LogP contribution >= 0.6 is 11.3 Å². The minimum atomic E-state index is 0.245. The monoisotopic (exact) mass is 234 g/mol. The highest BCUT2D eigenvalue weighted by Crippen LogP contribution is 2.29. The Balaban J connectivity index is 2.16. The van der Waals surface area contributed by atoms with E-state index in [2.05, 4.69) is 16.9 Å².